The molecule has 1 spiro atoms. The number of rotatable bonds is 0. The van der Waals surface area contributed by atoms with E-state index in [2.05, 4.69) is 0 Å². The van der Waals surface area contributed by atoms with Gasteiger partial charge >= 0.3 is 11.9 Å². The topological polar surface area (TPSA) is 57.6 Å². The van der Waals surface area contributed by atoms with E-state index in [4.69, 9.17) is 5.11 Å². The molecule has 1 saturated carbocycles. The second-order valence-electron chi connectivity index (χ2n) is 4.64. The van der Waals surface area contributed by atoms with Gasteiger partial charge < -0.3 is 10.0 Å². The molecule has 1 aliphatic heterocycles. The van der Waals surface area contributed by atoms with Crippen LogP contribution in [0.2, 0.25) is 0 Å². The summed E-state index contributed by atoms with van der Waals surface area (Å²) in [7, 11) is 0. The highest BCUT2D eigenvalue weighted by Gasteiger charge is 2.48. The summed E-state index contributed by atoms with van der Waals surface area (Å²) in [6.07, 6.45) is 4.51. The number of carbonyl (C=O) groups is 2. The van der Waals surface area contributed by atoms with Crippen molar-refractivity contribution >= 4 is 11.9 Å². The molecule has 0 aromatic rings. The number of carboxylic acids is 1. The highest BCUT2D eigenvalue weighted by molar-refractivity contribution is 6.31. The second kappa shape index (κ2) is 2.97. The molecular weight excluding hydrogens is 182 g/mol. The monoisotopic (exact) mass is 197 g/mol. The van der Waals surface area contributed by atoms with E-state index in [0.29, 0.717) is 6.54 Å². The average Bonchev–Trinajstić information content (AvgIpc) is 2.41. The van der Waals surface area contributed by atoms with Crippen LogP contribution in [0.5, 0.6) is 0 Å². The molecule has 4 nitrogen and oxygen atoms in total. The third-order valence-corrected chi connectivity index (χ3v) is 3.62. The minimum Gasteiger partial charge on any atom is -0.474 e. The van der Waals surface area contributed by atoms with Crippen molar-refractivity contribution in [2.75, 3.05) is 6.54 Å². The predicted octanol–water partition coefficient (Wildman–Crippen LogP) is 0.862. The van der Waals surface area contributed by atoms with Crippen LogP contribution < -0.4 is 0 Å². The lowest BCUT2D eigenvalue weighted by Gasteiger charge is -2.37. The van der Waals surface area contributed by atoms with Crippen LogP contribution in [-0.4, -0.2) is 34.5 Å². The molecule has 14 heavy (non-hydrogen) atoms. The van der Waals surface area contributed by atoms with E-state index in [-0.39, 0.29) is 11.5 Å². The van der Waals surface area contributed by atoms with Crippen LogP contribution in [-0.2, 0) is 9.59 Å². The molecular formula is C10H15NO3. The van der Waals surface area contributed by atoms with Gasteiger partial charge in [0, 0.05) is 12.6 Å². The first kappa shape index (κ1) is 9.49. The van der Waals surface area contributed by atoms with E-state index < -0.39 is 11.9 Å². The number of carboxylic acid groups (broad SMARTS) is 1. The van der Waals surface area contributed by atoms with Crippen LogP contribution in [0.25, 0.3) is 0 Å². The Morgan fingerprint density at radius 3 is 2.43 bits per heavy atom. The van der Waals surface area contributed by atoms with Crippen LogP contribution in [0.4, 0.5) is 0 Å². The predicted molar refractivity (Wildman–Crippen MR) is 49.7 cm³/mol. The first-order valence-corrected chi connectivity index (χ1v) is 5.08. The lowest BCUT2D eigenvalue weighted by molar-refractivity contribution is -0.156. The zero-order valence-electron chi connectivity index (χ0n) is 8.32. The molecule has 1 unspecified atom stereocenters. The number of amides is 1. The Morgan fingerprint density at radius 1 is 1.43 bits per heavy atom. The van der Waals surface area contributed by atoms with E-state index >= 15 is 0 Å². The van der Waals surface area contributed by atoms with Gasteiger partial charge in [-0.3, -0.25) is 4.79 Å². The largest absolute Gasteiger partial charge is 0.474 e. The van der Waals surface area contributed by atoms with E-state index in [1.54, 1.807) is 0 Å². The number of hydrogen-bond acceptors (Lipinski definition) is 2. The zero-order chi connectivity index (χ0) is 10.3. The number of aliphatic carboxylic acids is 1. The van der Waals surface area contributed by atoms with E-state index in [1.807, 2.05) is 6.92 Å². The van der Waals surface area contributed by atoms with Crippen molar-refractivity contribution in [1.82, 2.24) is 4.90 Å². The first-order chi connectivity index (χ1) is 6.54. The van der Waals surface area contributed by atoms with Crippen LogP contribution in [0, 0.1) is 5.41 Å². The summed E-state index contributed by atoms with van der Waals surface area (Å²) in [5, 5.41) is 8.63. The lowest BCUT2D eigenvalue weighted by atomic mass is 9.68. The Hall–Kier alpha value is -1.06. The van der Waals surface area contributed by atoms with Gasteiger partial charge in [0.2, 0.25) is 0 Å². The number of carbonyl (C=O) groups excluding carboxylic acids is 1. The number of hydrogen-bond donors (Lipinski definition) is 1. The SMILES string of the molecule is CC1CC2(CCC2)CN1C(=O)C(=O)O. The molecule has 0 bridgehead atoms. The number of likely N-dealkylation sites (tertiary alicyclic amines) is 1. The highest BCUT2D eigenvalue weighted by Crippen LogP contribution is 2.50. The highest BCUT2D eigenvalue weighted by atomic mass is 16.4. The fourth-order valence-corrected chi connectivity index (χ4v) is 2.75. The van der Waals surface area contributed by atoms with Crippen LogP contribution in [0.3, 0.4) is 0 Å². The fraction of sp³-hybridized carbons (Fsp3) is 0.800. The minimum absolute atomic E-state index is 0.0962. The normalized spacial score (nSPS) is 28.9. The van der Waals surface area contributed by atoms with Crippen LogP contribution >= 0.6 is 0 Å². The molecule has 1 N–H and O–H groups in total. The Balaban J connectivity index is 2.07. The molecule has 0 aromatic carbocycles. The average molecular weight is 197 g/mol. The van der Waals surface area contributed by atoms with Crippen molar-refractivity contribution in [3.8, 4) is 0 Å². The molecule has 2 aliphatic rings. The molecule has 2 fully saturated rings. The molecule has 1 amide bonds. The van der Waals surface area contributed by atoms with Gasteiger partial charge in [-0.2, -0.15) is 0 Å². The molecule has 2 rings (SSSR count). The standard InChI is InChI=1S/C10H15NO3/c1-7-5-10(3-2-4-10)6-11(7)8(12)9(13)14/h7H,2-6H2,1H3,(H,13,14). The molecule has 4 heteroatoms. The maximum Gasteiger partial charge on any atom is 0.394 e. The van der Waals surface area contributed by atoms with E-state index in [0.717, 1.165) is 19.3 Å². The third kappa shape index (κ3) is 1.29. The summed E-state index contributed by atoms with van der Waals surface area (Å²) in [5.41, 5.74) is 0.268. The van der Waals surface area contributed by atoms with Crippen molar-refractivity contribution in [3.63, 3.8) is 0 Å². The molecule has 1 heterocycles. The van der Waals surface area contributed by atoms with Gasteiger partial charge in [0.25, 0.3) is 0 Å². The van der Waals surface area contributed by atoms with Crippen molar-refractivity contribution < 1.29 is 14.7 Å². The molecule has 1 saturated heterocycles. The Kier molecular flexibility index (Phi) is 2.01. The molecule has 1 aliphatic carbocycles. The summed E-state index contributed by atoms with van der Waals surface area (Å²) in [6, 6.07) is 0.0962. The third-order valence-electron chi connectivity index (χ3n) is 3.62. The van der Waals surface area contributed by atoms with Crippen molar-refractivity contribution in [2.45, 2.75) is 38.6 Å². The summed E-state index contributed by atoms with van der Waals surface area (Å²) < 4.78 is 0. The lowest BCUT2D eigenvalue weighted by Crippen LogP contribution is -2.40. The van der Waals surface area contributed by atoms with E-state index in [9.17, 15) is 9.59 Å². The second-order valence-corrected chi connectivity index (χ2v) is 4.64. The van der Waals surface area contributed by atoms with Crippen molar-refractivity contribution in [3.05, 3.63) is 0 Å². The van der Waals surface area contributed by atoms with Gasteiger partial charge in [0.15, 0.2) is 0 Å². The summed E-state index contributed by atoms with van der Waals surface area (Å²) in [4.78, 5) is 23.4. The van der Waals surface area contributed by atoms with Gasteiger partial charge in [-0.1, -0.05) is 6.42 Å². The Morgan fingerprint density at radius 2 is 2.07 bits per heavy atom. The van der Waals surface area contributed by atoms with Gasteiger partial charge in [0.1, 0.15) is 0 Å². The molecule has 0 aromatic heterocycles. The summed E-state index contributed by atoms with van der Waals surface area (Å²) in [6.45, 7) is 2.59. The quantitative estimate of drug-likeness (QED) is 0.586. The fourth-order valence-electron chi connectivity index (χ4n) is 2.75. The summed E-state index contributed by atoms with van der Waals surface area (Å²) >= 11 is 0. The van der Waals surface area contributed by atoms with Gasteiger partial charge in [-0.25, -0.2) is 4.79 Å². The van der Waals surface area contributed by atoms with Crippen molar-refractivity contribution in [1.29, 1.82) is 0 Å². The maximum absolute atomic E-state index is 11.3. The smallest absolute Gasteiger partial charge is 0.394 e. The first-order valence-electron chi connectivity index (χ1n) is 5.08. The number of nitrogens with zero attached hydrogens (tertiary/aromatic N) is 1. The van der Waals surface area contributed by atoms with Gasteiger partial charge in [-0.05, 0) is 31.6 Å². The Bertz CT molecular complexity index is 283. The van der Waals surface area contributed by atoms with Gasteiger partial charge in [0.05, 0.1) is 0 Å². The van der Waals surface area contributed by atoms with E-state index in [1.165, 1.54) is 11.3 Å². The summed E-state index contributed by atoms with van der Waals surface area (Å²) in [5.74, 6) is -2.06. The van der Waals surface area contributed by atoms with Crippen molar-refractivity contribution in [2.24, 2.45) is 5.41 Å². The molecule has 0 radical (unpaired) electrons. The van der Waals surface area contributed by atoms with Crippen LogP contribution in [0.1, 0.15) is 32.6 Å². The Labute approximate surface area is 82.9 Å². The molecule has 1 atom stereocenters. The minimum atomic E-state index is -1.33. The molecule has 78 valence electrons. The zero-order valence-corrected chi connectivity index (χ0v) is 8.32. The van der Waals surface area contributed by atoms with Crippen LogP contribution in [0.15, 0.2) is 0 Å². The maximum atomic E-state index is 11.3. The van der Waals surface area contributed by atoms with Gasteiger partial charge in [-0.15, -0.1) is 0 Å².